The van der Waals surface area contributed by atoms with E-state index < -0.39 is 0 Å². The first-order valence-corrected chi connectivity index (χ1v) is 6.89. The molecule has 2 aromatic rings. The van der Waals surface area contributed by atoms with Crippen LogP contribution in [0.25, 0.3) is 11.0 Å². The molecule has 4 nitrogen and oxygen atoms in total. The number of imidazole rings is 1. The lowest BCUT2D eigenvalue weighted by atomic mass is 9.97. The largest absolute Gasteiger partial charge is 0.342 e. The second kappa shape index (κ2) is 5.13. The molecule has 4 heteroatoms. The lowest BCUT2D eigenvalue weighted by Gasteiger charge is -2.30. The van der Waals surface area contributed by atoms with Crippen LogP contribution in [0.4, 0.5) is 0 Å². The highest BCUT2D eigenvalue weighted by atomic mass is 16.1. The Morgan fingerprint density at radius 3 is 3.11 bits per heavy atom. The topological polar surface area (TPSA) is 49.0 Å². The van der Waals surface area contributed by atoms with Crippen molar-refractivity contribution in [1.82, 2.24) is 14.9 Å². The van der Waals surface area contributed by atoms with Gasteiger partial charge in [-0.15, -0.1) is 0 Å². The number of hydrogen-bond acceptors (Lipinski definition) is 3. The second-order valence-corrected chi connectivity index (χ2v) is 5.42. The van der Waals surface area contributed by atoms with Crippen molar-refractivity contribution in [3.05, 3.63) is 30.1 Å². The van der Waals surface area contributed by atoms with Gasteiger partial charge in [0, 0.05) is 12.5 Å². The molecule has 0 bridgehead atoms. The highest BCUT2D eigenvalue weighted by Crippen LogP contribution is 2.26. The maximum atomic E-state index is 11.2. The van der Waals surface area contributed by atoms with E-state index in [0.29, 0.717) is 12.5 Å². The van der Waals surface area contributed by atoms with Crippen LogP contribution in [-0.4, -0.2) is 40.3 Å². The molecular weight excluding hydrogens is 238 g/mol. The molecule has 100 valence electrons. The van der Waals surface area contributed by atoms with Gasteiger partial charge in [0.2, 0.25) is 0 Å². The van der Waals surface area contributed by atoms with E-state index in [0.717, 1.165) is 42.8 Å². The number of ketones is 1. The molecule has 1 aliphatic rings. The third kappa shape index (κ3) is 2.68. The Hall–Kier alpha value is -1.68. The average Bonchev–Trinajstić information content (AvgIpc) is 2.82. The van der Waals surface area contributed by atoms with Crippen LogP contribution in [-0.2, 0) is 4.79 Å². The fraction of sp³-hybridized carbons (Fsp3) is 0.467. The second-order valence-electron chi connectivity index (χ2n) is 5.42. The summed E-state index contributed by atoms with van der Waals surface area (Å²) in [5, 5.41) is 0. The number of aromatic nitrogens is 2. The summed E-state index contributed by atoms with van der Waals surface area (Å²) in [4.78, 5) is 21.6. The molecule has 0 amide bonds. The van der Waals surface area contributed by atoms with Crippen molar-refractivity contribution in [2.75, 3.05) is 19.6 Å². The average molecular weight is 257 g/mol. The molecule has 0 aliphatic carbocycles. The lowest BCUT2D eigenvalue weighted by molar-refractivity contribution is -0.118. The zero-order valence-corrected chi connectivity index (χ0v) is 11.2. The van der Waals surface area contributed by atoms with Crippen LogP contribution in [0.5, 0.6) is 0 Å². The van der Waals surface area contributed by atoms with Crippen LogP contribution in [0, 0.1) is 0 Å². The summed E-state index contributed by atoms with van der Waals surface area (Å²) < 4.78 is 0. The summed E-state index contributed by atoms with van der Waals surface area (Å²) in [6.07, 6.45) is 2.28. The molecule has 0 spiro atoms. The summed E-state index contributed by atoms with van der Waals surface area (Å²) in [5.74, 6) is 1.72. The molecule has 3 rings (SSSR count). The first-order valence-electron chi connectivity index (χ1n) is 6.89. The van der Waals surface area contributed by atoms with Crippen molar-refractivity contribution in [1.29, 1.82) is 0 Å². The summed E-state index contributed by atoms with van der Waals surface area (Å²) in [6.45, 7) is 4.18. The van der Waals surface area contributed by atoms with E-state index in [1.807, 2.05) is 18.2 Å². The smallest absolute Gasteiger partial charge is 0.143 e. The minimum absolute atomic E-state index is 0.241. The quantitative estimate of drug-likeness (QED) is 0.918. The summed E-state index contributed by atoms with van der Waals surface area (Å²) >= 11 is 0. The Balaban J connectivity index is 1.79. The number of Topliss-reactive ketones (excluding diaryl/α,β-unsaturated/α-hetero) is 1. The third-order valence-corrected chi connectivity index (χ3v) is 3.75. The van der Waals surface area contributed by atoms with E-state index in [-0.39, 0.29) is 5.78 Å². The van der Waals surface area contributed by atoms with Crippen LogP contribution in [0.2, 0.25) is 0 Å². The highest BCUT2D eigenvalue weighted by Gasteiger charge is 2.24. The van der Waals surface area contributed by atoms with E-state index in [2.05, 4.69) is 20.9 Å². The molecule has 1 aromatic heterocycles. The molecule has 1 saturated heterocycles. The van der Waals surface area contributed by atoms with E-state index in [1.54, 1.807) is 6.92 Å². The Labute approximate surface area is 112 Å². The van der Waals surface area contributed by atoms with Crippen LogP contribution in [0.3, 0.4) is 0 Å². The Kier molecular flexibility index (Phi) is 3.34. The van der Waals surface area contributed by atoms with Gasteiger partial charge in [0.05, 0.1) is 17.6 Å². The van der Waals surface area contributed by atoms with E-state index in [1.165, 1.54) is 0 Å². The molecule has 19 heavy (non-hydrogen) atoms. The number of likely N-dealkylation sites (tertiary alicyclic amines) is 1. The van der Waals surface area contributed by atoms with Gasteiger partial charge in [0.1, 0.15) is 11.6 Å². The standard InChI is InChI=1S/C15H19N3O/c1-11(19)9-18-8-4-5-12(10-18)15-16-13-6-2-3-7-14(13)17-15/h2-3,6-7,12H,4-5,8-10H2,1H3,(H,16,17). The molecule has 1 unspecified atom stereocenters. The molecule has 1 N–H and O–H groups in total. The molecule has 1 aliphatic heterocycles. The van der Waals surface area contributed by atoms with Gasteiger partial charge in [0.25, 0.3) is 0 Å². The first kappa shape index (κ1) is 12.4. The van der Waals surface area contributed by atoms with Crippen molar-refractivity contribution in [3.8, 4) is 0 Å². The van der Waals surface area contributed by atoms with Crippen molar-refractivity contribution < 1.29 is 4.79 Å². The van der Waals surface area contributed by atoms with Gasteiger partial charge >= 0.3 is 0 Å². The molecular formula is C15H19N3O. The number of nitrogens with zero attached hydrogens (tertiary/aromatic N) is 2. The summed E-state index contributed by atoms with van der Waals surface area (Å²) in [7, 11) is 0. The van der Waals surface area contributed by atoms with E-state index in [9.17, 15) is 4.79 Å². The zero-order valence-electron chi connectivity index (χ0n) is 11.2. The van der Waals surface area contributed by atoms with Crippen molar-refractivity contribution in [3.63, 3.8) is 0 Å². The summed E-state index contributed by atoms with van der Waals surface area (Å²) in [5.41, 5.74) is 2.13. The number of carbonyl (C=O) groups is 1. The number of aromatic amines is 1. The molecule has 0 radical (unpaired) electrons. The fourth-order valence-electron chi connectivity index (χ4n) is 2.90. The molecule has 1 aromatic carbocycles. The van der Waals surface area contributed by atoms with Crippen molar-refractivity contribution in [2.45, 2.75) is 25.7 Å². The minimum Gasteiger partial charge on any atom is -0.342 e. The Bertz CT molecular complexity index is 557. The highest BCUT2D eigenvalue weighted by molar-refractivity contribution is 5.77. The van der Waals surface area contributed by atoms with Gasteiger partial charge < -0.3 is 4.98 Å². The lowest BCUT2D eigenvalue weighted by Crippen LogP contribution is -2.37. The minimum atomic E-state index is 0.241. The van der Waals surface area contributed by atoms with Gasteiger partial charge in [-0.3, -0.25) is 9.69 Å². The first-order chi connectivity index (χ1) is 9.22. The number of H-pyrrole nitrogens is 1. The Morgan fingerprint density at radius 2 is 2.32 bits per heavy atom. The van der Waals surface area contributed by atoms with E-state index >= 15 is 0 Å². The van der Waals surface area contributed by atoms with Gasteiger partial charge in [-0.2, -0.15) is 0 Å². The molecule has 2 heterocycles. The van der Waals surface area contributed by atoms with Gasteiger partial charge in [-0.25, -0.2) is 4.98 Å². The number of carbonyl (C=O) groups excluding carboxylic acids is 1. The van der Waals surface area contributed by atoms with E-state index in [4.69, 9.17) is 0 Å². The number of hydrogen-bond donors (Lipinski definition) is 1. The van der Waals surface area contributed by atoms with Crippen LogP contribution < -0.4 is 0 Å². The monoisotopic (exact) mass is 257 g/mol. The number of piperidine rings is 1. The normalized spacial score (nSPS) is 20.8. The molecule has 1 fully saturated rings. The summed E-state index contributed by atoms with van der Waals surface area (Å²) in [6, 6.07) is 8.12. The van der Waals surface area contributed by atoms with Crippen LogP contribution >= 0.6 is 0 Å². The number of benzene rings is 1. The van der Waals surface area contributed by atoms with Gasteiger partial charge in [-0.1, -0.05) is 12.1 Å². The maximum Gasteiger partial charge on any atom is 0.143 e. The number of para-hydroxylation sites is 2. The molecule has 0 saturated carbocycles. The SMILES string of the molecule is CC(=O)CN1CCCC(c2nc3ccccc3[nH]2)C1. The predicted octanol–water partition coefficient (Wildman–Crippen LogP) is 2.33. The van der Waals surface area contributed by atoms with Gasteiger partial charge in [0.15, 0.2) is 0 Å². The van der Waals surface area contributed by atoms with Crippen molar-refractivity contribution >= 4 is 16.8 Å². The number of fused-ring (bicyclic) bond motifs is 1. The number of rotatable bonds is 3. The maximum absolute atomic E-state index is 11.2. The number of nitrogens with one attached hydrogen (secondary N) is 1. The fourth-order valence-corrected chi connectivity index (χ4v) is 2.90. The Morgan fingerprint density at radius 1 is 1.47 bits per heavy atom. The predicted molar refractivity (Wildman–Crippen MR) is 75.2 cm³/mol. The molecule has 1 atom stereocenters. The van der Waals surface area contributed by atoms with Crippen molar-refractivity contribution in [2.24, 2.45) is 0 Å². The van der Waals surface area contributed by atoms with Gasteiger partial charge in [-0.05, 0) is 38.4 Å². The third-order valence-electron chi connectivity index (χ3n) is 3.75. The van der Waals surface area contributed by atoms with Crippen LogP contribution in [0.1, 0.15) is 31.5 Å². The van der Waals surface area contributed by atoms with Crippen LogP contribution in [0.15, 0.2) is 24.3 Å². The zero-order chi connectivity index (χ0) is 13.2.